The minimum Gasteiger partial charge on any atom is -0.355 e. The molecule has 4 heteroatoms. The van der Waals surface area contributed by atoms with E-state index in [1.807, 2.05) is 48.5 Å². The number of rotatable bonds is 5. The highest BCUT2D eigenvalue weighted by Gasteiger charge is 2.06. The van der Waals surface area contributed by atoms with E-state index in [4.69, 9.17) is 0 Å². The van der Waals surface area contributed by atoms with Crippen LogP contribution in [0, 0.1) is 0 Å². The average molecular weight is 332 g/mol. The number of hydrogen-bond donors (Lipinski definition) is 2. The van der Waals surface area contributed by atoms with E-state index in [1.54, 1.807) is 19.2 Å². The lowest BCUT2D eigenvalue weighted by Gasteiger charge is -2.07. The van der Waals surface area contributed by atoms with Gasteiger partial charge < -0.3 is 10.6 Å². The summed E-state index contributed by atoms with van der Waals surface area (Å²) in [6.45, 7) is 0.445. The van der Waals surface area contributed by atoms with Crippen molar-refractivity contribution < 1.29 is 9.59 Å². The first-order chi connectivity index (χ1) is 12.2. The Balaban J connectivity index is 1.57. The number of carbonyl (C=O) groups excluding carboxylic acids is 2. The molecule has 2 amide bonds. The Hall–Kier alpha value is -3.14. The monoisotopic (exact) mass is 332 g/mol. The maximum Gasteiger partial charge on any atom is 0.251 e. The summed E-state index contributed by atoms with van der Waals surface area (Å²) >= 11 is 0. The molecule has 0 spiro atoms. The lowest BCUT2D eigenvalue weighted by Crippen LogP contribution is -2.24. The highest BCUT2D eigenvalue weighted by Crippen LogP contribution is 2.16. The molecule has 0 atom stereocenters. The lowest BCUT2D eigenvalue weighted by atomic mass is 10.0. The standard InChI is InChI=1S/C21H20N2O2/c1-22-21(25)18-10-6-15(7-11-18)14-23-20(24)13-16-8-9-17-4-2-3-5-19(17)12-16/h2-12H,13-14H2,1H3,(H,22,25)(H,23,24). The SMILES string of the molecule is CNC(=O)c1ccc(CNC(=O)Cc2ccc3ccccc3c2)cc1. The molecule has 2 N–H and O–H groups in total. The van der Waals surface area contributed by atoms with Gasteiger partial charge in [-0.25, -0.2) is 0 Å². The Morgan fingerprint density at radius 2 is 1.52 bits per heavy atom. The van der Waals surface area contributed by atoms with Gasteiger partial charge in [-0.05, 0) is 34.0 Å². The quantitative estimate of drug-likeness (QED) is 0.754. The second kappa shape index (κ2) is 7.62. The van der Waals surface area contributed by atoms with Crippen LogP contribution in [0.5, 0.6) is 0 Å². The average Bonchev–Trinajstić information content (AvgIpc) is 2.66. The van der Waals surface area contributed by atoms with Gasteiger partial charge in [0.25, 0.3) is 5.91 Å². The van der Waals surface area contributed by atoms with Crippen LogP contribution in [0.2, 0.25) is 0 Å². The van der Waals surface area contributed by atoms with Crippen molar-refractivity contribution in [3.63, 3.8) is 0 Å². The molecule has 0 aliphatic carbocycles. The molecule has 3 rings (SSSR count). The van der Waals surface area contributed by atoms with Crippen LogP contribution in [0.3, 0.4) is 0 Å². The molecule has 0 aliphatic rings. The van der Waals surface area contributed by atoms with Gasteiger partial charge >= 0.3 is 0 Å². The fraction of sp³-hybridized carbons (Fsp3) is 0.143. The van der Waals surface area contributed by atoms with Crippen LogP contribution in [-0.2, 0) is 17.8 Å². The first-order valence-corrected chi connectivity index (χ1v) is 8.21. The number of nitrogens with one attached hydrogen (secondary N) is 2. The third kappa shape index (κ3) is 4.23. The largest absolute Gasteiger partial charge is 0.355 e. The van der Waals surface area contributed by atoms with E-state index in [0.717, 1.165) is 16.5 Å². The van der Waals surface area contributed by atoms with E-state index in [-0.39, 0.29) is 11.8 Å². The summed E-state index contributed by atoms with van der Waals surface area (Å²) in [7, 11) is 1.60. The zero-order chi connectivity index (χ0) is 17.6. The summed E-state index contributed by atoms with van der Waals surface area (Å²) < 4.78 is 0. The Bertz CT molecular complexity index is 901. The summed E-state index contributed by atoms with van der Waals surface area (Å²) in [5.74, 6) is -0.141. The van der Waals surface area contributed by atoms with Crippen LogP contribution in [0.15, 0.2) is 66.7 Å². The van der Waals surface area contributed by atoms with Crippen molar-refractivity contribution in [1.29, 1.82) is 0 Å². The predicted molar refractivity (Wildman–Crippen MR) is 99.3 cm³/mol. The number of carbonyl (C=O) groups is 2. The first kappa shape index (κ1) is 16.7. The van der Waals surface area contributed by atoms with Gasteiger partial charge in [0.15, 0.2) is 0 Å². The fourth-order valence-electron chi connectivity index (χ4n) is 2.72. The third-order valence-corrected chi connectivity index (χ3v) is 4.11. The smallest absolute Gasteiger partial charge is 0.251 e. The molecule has 0 aromatic heterocycles. The summed E-state index contributed by atoms with van der Waals surface area (Å²) in [6.07, 6.45) is 0.348. The summed E-state index contributed by atoms with van der Waals surface area (Å²) in [5, 5.41) is 7.81. The molecule has 0 heterocycles. The summed E-state index contributed by atoms with van der Waals surface area (Å²) in [5.41, 5.74) is 2.56. The second-order valence-corrected chi connectivity index (χ2v) is 5.91. The van der Waals surface area contributed by atoms with E-state index in [1.165, 1.54) is 5.39 Å². The molecule has 3 aromatic rings. The Morgan fingerprint density at radius 3 is 2.24 bits per heavy atom. The minimum absolute atomic E-state index is 0.0225. The predicted octanol–water partition coefficient (Wildman–Crippen LogP) is 3.06. The molecule has 25 heavy (non-hydrogen) atoms. The topological polar surface area (TPSA) is 58.2 Å². The maximum atomic E-state index is 12.2. The van der Waals surface area contributed by atoms with Gasteiger partial charge in [0.1, 0.15) is 0 Å². The van der Waals surface area contributed by atoms with Gasteiger partial charge in [-0.1, -0.05) is 54.6 Å². The van der Waals surface area contributed by atoms with Gasteiger partial charge in [0, 0.05) is 19.2 Å². The van der Waals surface area contributed by atoms with Crippen molar-refractivity contribution in [2.75, 3.05) is 7.05 Å². The van der Waals surface area contributed by atoms with E-state index in [0.29, 0.717) is 18.5 Å². The Morgan fingerprint density at radius 1 is 0.840 bits per heavy atom. The molecule has 0 unspecified atom stereocenters. The van der Waals surface area contributed by atoms with Crippen molar-refractivity contribution in [3.05, 3.63) is 83.4 Å². The lowest BCUT2D eigenvalue weighted by molar-refractivity contribution is -0.120. The van der Waals surface area contributed by atoms with Gasteiger partial charge in [-0.3, -0.25) is 9.59 Å². The molecule has 0 saturated carbocycles. The molecule has 0 bridgehead atoms. The molecular formula is C21H20N2O2. The highest BCUT2D eigenvalue weighted by atomic mass is 16.2. The van der Waals surface area contributed by atoms with Crippen molar-refractivity contribution in [3.8, 4) is 0 Å². The van der Waals surface area contributed by atoms with Crippen LogP contribution in [0.4, 0.5) is 0 Å². The molecule has 0 radical (unpaired) electrons. The third-order valence-electron chi connectivity index (χ3n) is 4.11. The molecule has 4 nitrogen and oxygen atoms in total. The van der Waals surface area contributed by atoms with Crippen LogP contribution in [0.1, 0.15) is 21.5 Å². The number of hydrogen-bond acceptors (Lipinski definition) is 2. The summed E-state index contributed by atoms with van der Waals surface area (Å²) in [6, 6.07) is 21.4. The number of amides is 2. The van der Waals surface area contributed by atoms with E-state index >= 15 is 0 Å². The number of fused-ring (bicyclic) bond motifs is 1. The maximum absolute atomic E-state index is 12.2. The van der Waals surface area contributed by atoms with Crippen LogP contribution < -0.4 is 10.6 Å². The normalized spacial score (nSPS) is 10.4. The van der Waals surface area contributed by atoms with Gasteiger partial charge in [-0.2, -0.15) is 0 Å². The van der Waals surface area contributed by atoms with Crippen molar-refractivity contribution >= 4 is 22.6 Å². The van der Waals surface area contributed by atoms with Crippen molar-refractivity contribution in [2.45, 2.75) is 13.0 Å². The zero-order valence-corrected chi connectivity index (χ0v) is 14.1. The van der Waals surface area contributed by atoms with Gasteiger partial charge in [-0.15, -0.1) is 0 Å². The van der Waals surface area contributed by atoms with Gasteiger partial charge in [0.2, 0.25) is 5.91 Å². The molecule has 0 saturated heterocycles. The second-order valence-electron chi connectivity index (χ2n) is 5.91. The zero-order valence-electron chi connectivity index (χ0n) is 14.1. The van der Waals surface area contributed by atoms with Crippen molar-refractivity contribution in [2.24, 2.45) is 0 Å². The summed E-state index contributed by atoms with van der Waals surface area (Å²) in [4.78, 5) is 23.7. The minimum atomic E-state index is -0.119. The van der Waals surface area contributed by atoms with Crippen molar-refractivity contribution in [1.82, 2.24) is 10.6 Å². The van der Waals surface area contributed by atoms with Gasteiger partial charge in [0.05, 0.1) is 6.42 Å². The molecule has 126 valence electrons. The van der Waals surface area contributed by atoms with E-state index < -0.39 is 0 Å². The number of benzene rings is 3. The molecule has 0 fully saturated rings. The van der Waals surface area contributed by atoms with Crippen LogP contribution in [-0.4, -0.2) is 18.9 Å². The fourth-order valence-corrected chi connectivity index (χ4v) is 2.72. The first-order valence-electron chi connectivity index (χ1n) is 8.21. The Kier molecular flexibility index (Phi) is 5.09. The van der Waals surface area contributed by atoms with Crippen LogP contribution in [0.25, 0.3) is 10.8 Å². The molecule has 0 aliphatic heterocycles. The van der Waals surface area contributed by atoms with E-state index in [2.05, 4.69) is 16.7 Å². The Labute approximate surface area is 146 Å². The highest BCUT2D eigenvalue weighted by molar-refractivity contribution is 5.94. The molecule has 3 aromatic carbocycles. The molecular weight excluding hydrogens is 312 g/mol. The van der Waals surface area contributed by atoms with E-state index in [9.17, 15) is 9.59 Å². The van der Waals surface area contributed by atoms with Crippen LogP contribution >= 0.6 is 0 Å².